The summed E-state index contributed by atoms with van der Waals surface area (Å²) >= 11 is 1.46. The van der Waals surface area contributed by atoms with Crippen LogP contribution in [-0.2, 0) is 20.5 Å². The summed E-state index contributed by atoms with van der Waals surface area (Å²) in [7, 11) is 3.61. The van der Waals surface area contributed by atoms with E-state index < -0.39 is 5.97 Å². The number of nitrogens with zero attached hydrogens (tertiary/aromatic N) is 8. The van der Waals surface area contributed by atoms with Crippen LogP contribution < -0.4 is 4.74 Å². The SMILES string of the molecule is Cn1cc(C(=O)Oc2ccc(Cc3nnc4sc(-c5cnn(C)c5)nn34)cc2)cn1. The first-order valence-electron chi connectivity index (χ1n) is 9.05. The first kappa shape index (κ1) is 18.2. The number of fused-ring (bicyclic) bond motifs is 1. The van der Waals surface area contributed by atoms with E-state index in [0.717, 1.165) is 26.9 Å². The molecule has 5 aromatic rings. The number of rotatable bonds is 5. The van der Waals surface area contributed by atoms with Crippen LogP contribution in [0.5, 0.6) is 5.75 Å². The summed E-state index contributed by atoms with van der Waals surface area (Å²) in [5, 5.41) is 22.1. The summed E-state index contributed by atoms with van der Waals surface area (Å²) < 4.78 is 10.4. The molecule has 0 unspecified atom stereocenters. The standard InChI is InChI=1S/C19H16N8O2S/c1-25-10-13(8-20-25)17-24-27-16(22-23-19(27)30-17)7-12-3-5-15(6-4-12)29-18(28)14-9-21-26(2)11-14/h3-6,8-11H,7H2,1-2H3. The zero-order valence-corrected chi connectivity index (χ0v) is 16.9. The van der Waals surface area contributed by atoms with E-state index in [1.165, 1.54) is 17.5 Å². The van der Waals surface area contributed by atoms with Gasteiger partial charge in [0.05, 0.1) is 23.5 Å². The van der Waals surface area contributed by atoms with Gasteiger partial charge in [0.1, 0.15) is 5.75 Å². The number of aromatic nitrogens is 8. The van der Waals surface area contributed by atoms with Crippen LogP contribution in [0.2, 0.25) is 0 Å². The largest absolute Gasteiger partial charge is 0.423 e. The Morgan fingerprint density at radius 1 is 1.03 bits per heavy atom. The lowest BCUT2D eigenvalue weighted by Gasteiger charge is -2.04. The van der Waals surface area contributed by atoms with Crippen molar-refractivity contribution in [3.05, 3.63) is 66.0 Å². The molecule has 0 aliphatic heterocycles. The molecule has 0 aliphatic carbocycles. The average molecular weight is 420 g/mol. The van der Waals surface area contributed by atoms with E-state index in [4.69, 9.17) is 4.74 Å². The molecule has 5 rings (SSSR count). The molecule has 0 atom stereocenters. The van der Waals surface area contributed by atoms with Crippen LogP contribution in [0.15, 0.2) is 49.1 Å². The van der Waals surface area contributed by atoms with Crippen LogP contribution in [-0.4, -0.2) is 45.3 Å². The predicted octanol–water partition coefficient (Wildman–Crippen LogP) is 2.13. The number of hydrogen-bond acceptors (Lipinski definition) is 8. The molecule has 0 N–H and O–H groups in total. The van der Waals surface area contributed by atoms with E-state index in [2.05, 4.69) is 25.5 Å². The zero-order valence-electron chi connectivity index (χ0n) is 16.1. The summed E-state index contributed by atoms with van der Waals surface area (Å²) in [6.45, 7) is 0. The Balaban J connectivity index is 1.31. The highest BCUT2D eigenvalue weighted by Crippen LogP contribution is 2.25. The van der Waals surface area contributed by atoms with Gasteiger partial charge < -0.3 is 4.74 Å². The van der Waals surface area contributed by atoms with Gasteiger partial charge in [0, 0.05) is 32.9 Å². The van der Waals surface area contributed by atoms with E-state index in [-0.39, 0.29) is 0 Å². The van der Waals surface area contributed by atoms with Crippen molar-refractivity contribution in [2.24, 2.45) is 14.1 Å². The molecule has 30 heavy (non-hydrogen) atoms. The van der Waals surface area contributed by atoms with Crippen molar-refractivity contribution in [1.29, 1.82) is 0 Å². The number of hydrogen-bond donors (Lipinski definition) is 0. The highest BCUT2D eigenvalue weighted by molar-refractivity contribution is 7.19. The number of carbonyl (C=O) groups excluding carboxylic acids is 1. The van der Waals surface area contributed by atoms with Crippen molar-refractivity contribution in [3.63, 3.8) is 0 Å². The smallest absolute Gasteiger partial charge is 0.346 e. The monoisotopic (exact) mass is 420 g/mol. The Bertz CT molecular complexity index is 1340. The summed E-state index contributed by atoms with van der Waals surface area (Å²) in [6, 6.07) is 7.29. The first-order chi connectivity index (χ1) is 14.5. The van der Waals surface area contributed by atoms with E-state index in [0.29, 0.717) is 17.7 Å². The minimum atomic E-state index is -0.444. The Morgan fingerprint density at radius 2 is 1.80 bits per heavy atom. The van der Waals surface area contributed by atoms with Crippen molar-refractivity contribution < 1.29 is 9.53 Å². The third-order valence-electron chi connectivity index (χ3n) is 4.44. The number of aryl methyl sites for hydroxylation is 2. The molecule has 10 nitrogen and oxygen atoms in total. The maximum Gasteiger partial charge on any atom is 0.346 e. The highest BCUT2D eigenvalue weighted by Gasteiger charge is 2.15. The van der Waals surface area contributed by atoms with Crippen molar-refractivity contribution in [3.8, 4) is 16.3 Å². The van der Waals surface area contributed by atoms with Gasteiger partial charge in [0.2, 0.25) is 4.96 Å². The van der Waals surface area contributed by atoms with Crippen LogP contribution >= 0.6 is 11.3 Å². The number of ether oxygens (including phenoxy) is 1. The van der Waals surface area contributed by atoms with Crippen LogP contribution in [0.1, 0.15) is 21.7 Å². The molecule has 0 radical (unpaired) electrons. The van der Waals surface area contributed by atoms with Gasteiger partial charge in [-0.25, -0.2) is 4.79 Å². The lowest BCUT2D eigenvalue weighted by Crippen LogP contribution is -2.07. The van der Waals surface area contributed by atoms with E-state index >= 15 is 0 Å². The minimum absolute atomic E-state index is 0.403. The molecular weight excluding hydrogens is 404 g/mol. The molecule has 1 aromatic carbocycles. The summed E-state index contributed by atoms with van der Waals surface area (Å²) in [4.78, 5) is 12.9. The molecule has 0 saturated heterocycles. The molecule has 0 amide bonds. The molecule has 4 aromatic heterocycles. The van der Waals surface area contributed by atoms with Gasteiger partial charge in [0.25, 0.3) is 0 Å². The predicted molar refractivity (Wildman–Crippen MR) is 108 cm³/mol. The van der Waals surface area contributed by atoms with Gasteiger partial charge in [-0.15, -0.1) is 10.2 Å². The normalized spacial score (nSPS) is 11.3. The second kappa shape index (κ2) is 7.19. The lowest BCUT2D eigenvalue weighted by molar-refractivity contribution is 0.0734. The van der Waals surface area contributed by atoms with E-state index in [9.17, 15) is 4.79 Å². The summed E-state index contributed by atoms with van der Waals surface area (Å²) in [5.41, 5.74) is 2.35. The fourth-order valence-corrected chi connectivity index (χ4v) is 3.80. The molecule has 150 valence electrons. The second-order valence-electron chi connectivity index (χ2n) is 6.73. The fraction of sp³-hybridized carbons (Fsp3) is 0.158. The van der Waals surface area contributed by atoms with Crippen LogP contribution in [0.3, 0.4) is 0 Å². The van der Waals surface area contributed by atoms with Gasteiger partial charge in [-0.2, -0.15) is 19.8 Å². The first-order valence-corrected chi connectivity index (χ1v) is 9.87. The molecular formula is C19H16N8O2S. The molecule has 0 aliphatic rings. The average Bonchev–Trinajstić information content (AvgIpc) is 3.49. The van der Waals surface area contributed by atoms with Crippen molar-refractivity contribution >= 4 is 22.3 Å². The minimum Gasteiger partial charge on any atom is -0.423 e. The van der Waals surface area contributed by atoms with Gasteiger partial charge in [-0.05, 0) is 17.7 Å². The van der Waals surface area contributed by atoms with Crippen LogP contribution in [0, 0.1) is 0 Å². The van der Waals surface area contributed by atoms with E-state index in [1.807, 2.05) is 25.4 Å². The van der Waals surface area contributed by atoms with Crippen molar-refractivity contribution in [2.75, 3.05) is 0 Å². The maximum absolute atomic E-state index is 12.1. The van der Waals surface area contributed by atoms with Crippen molar-refractivity contribution in [1.82, 2.24) is 39.4 Å². The summed E-state index contributed by atoms with van der Waals surface area (Å²) in [6.07, 6.45) is 7.32. The number of esters is 1. The molecule has 0 bridgehead atoms. The third kappa shape index (κ3) is 3.46. The molecule has 0 spiro atoms. The second-order valence-corrected chi connectivity index (χ2v) is 7.69. The van der Waals surface area contributed by atoms with Gasteiger partial charge in [0.15, 0.2) is 10.8 Å². The van der Waals surface area contributed by atoms with Gasteiger partial charge >= 0.3 is 5.97 Å². The highest BCUT2D eigenvalue weighted by atomic mass is 32.1. The topological polar surface area (TPSA) is 105 Å². The summed E-state index contributed by atoms with van der Waals surface area (Å²) in [5.74, 6) is 0.753. The Morgan fingerprint density at radius 3 is 2.50 bits per heavy atom. The zero-order chi connectivity index (χ0) is 20.7. The van der Waals surface area contributed by atoms with E-state index in [1.54, 1.807) is 45.5 Å². The van der Waals surface area contributed by atoms with Gasteiger partial charge in [-0.3, -0.25) is 9.36 Å². The Labute approximate surface area is 174 Å². The maximum atomic E-state index is 12.1. The number of carbonyl (C=O) groups is 1. The Kier molecular flexibility index (Phi) is 4.36. The molecule has 4 heterocycles. The fourth-order valence-electron chi connectivity index (χ4n) is 2.97. The van der Waals surface area contributed by atoms with Gasteiger partial charge in [-0.1, -0.05) is 23.5 Å². The van der Waals surface area contributed by atoms with Crippen molar-refractivity contribution in [2.45, 2.75) is 6.42 Å². The lowest BCUT2D eigenvalue weighted by atomic mass is 10.1. The third-order valence-corrected chi connectivity index (χ3v) is 5.39. The molecule has 0 saturated carbocycles. The Hall–Kier alpha value is -3.86. The van der Waals surface area contributed by atoms with Crippen LogP contribution in [0.4, 0.5) is 0 Å². The molecule has 0 fully saturated rings. The molecule has 11 heteroatoms. The van der Waals surface area contributed by atoms with Crippen LogP contribution in [0.25, 0.3) is 15.5 Å². The number of benzene rings is 1. The quantitative estimate of drug-likeness (QED) is 0.317.